The van der Waals surface area contributed by atoms with Crippen LogP contribution in [0.25, 0.3) is 0 Å². The second-order valence-electron chi connectivity index (χ2n) is 2.44. The van der Waals surface area contributed by atoms with Crippen molar-refractivity contribution in [1.82, 2.24) is 4.98 Å². The summed E-state index contributed by atoms with van der Waals surface area (Å²) in [5, 5.41) is 13.6. The molecule has 1 heterocycles. The number of halogens is 1. The molecule has 0 fully saturated rings. The van der Waals surface area contributed by atoms with Crippen LogP contribution in [0.2, 0.25) is 5.02 Å². The largest absolute Gasteiger partial charge is 0.367 e. The second-order valence-corrected chi connectivity index (χ2v) is 2.84. The van der Waals surface area contributed by atoms with Gasteiger partial charge in [-0.05, 0) is 6.92 Å². The quantitative estimate of drug-likeness (QED) is 0.587. The number of nitrogens with one attached hydrogen (secondary N) is 1. The van der Waals surface area contributed by atoms with Crippen molar-refractivity contribution >= 4 is 23.1 Å². The molecule has 5 nitrogen and oxygen atoms in total. The maximum Gasteiger partial charge on any atom is 0.315 e. The lowest BCUT2D eigenvalue weighted by atomic mass is 10.2. The second kappa shape index (κ2) is 3.57. The van der Waals surface area contributed by atoms with Gasteiger partial charge in [0, 0.05) is 13.2 Å². The maximum absolute atomic E-state index is 10.6. The minimum absolute atomic E-state index is 0.0741. The van der Waals surface area contributed by atoms with E-state index in [1.165, 1.54) is 6.20 Å². The van der Waals surface area contributed by atoms with E-state index in [1.807, 2.05) is 0 Å². The van der Waals surface area contributed by atoms with Crippen molar-refractivity contribution in [2.24, 2.45) is 0 Å². The summed E-state index contributed by atoms with van der Waals surface area (Å²) in [6, 6.07) is 0. The van der Waals surface area contributed by atoms with Crippen LogP contribution >= 0.6 is 11.6 Å². The van der Waals surface area contributed by atoms with Crippen LogP contribution in [-0.4, -0.2) is 17.0 Å². The molecule has 1 N–H and O–H groups in total. The van der Waals surface area contributed by atoms with E-state index in [1.54, 1.807) is 14.0 Å². The Balaban J connectivity index is 3.41. The first-order chi connectivity index (χ1) is 6.07. The molecule has 0 aliphatic rings. The van der Waals surface area contributed by atoms with Crippen molar-refractivity contribution in [1.29, 1.82) is 0 Å². The molecule has 1 rings (SSSR count). The third-order valence-corrected chi connectivity index (χ3v) is 2.05. The first-order valence-corrected chi connectivity index (χ1v) is 3.93. The Morgan fingerprint density at radius 1 is 1.69 bits per heavy atom. The highest BCUT2D eigenvalue weighted by Gasteiger charge is 2.19. The van der Waals surface area contributed by atoms with Gasteiger partial charge in [0.15, 0.2) is 0 Å². The third kappa shape index (κ3) is 1.70. The summed E-state index contributed by atoms with van der Waals surface area (Å²) in [6.07, 6.45) is 1.38. The van der Waals surface area contributed by atoms with E-state index in [4.69, 9.17) is 11.6 Å². The topological polar surface area (TPSA) is 68.1 Å². The summed E-state index contributed by atoms with van der Waals surface area (Å²) in [5.74, 6) is 0.229. The van der Waals surface area contributed by atoms with Gasteiger partial charge in [0.2, 0.25) is 5.82 Å². The van der Waals surface area contributed by atoms with Gasteiger partial charge in [-0.3, -0.25) is 10.1 Å². The molecule has 1 aromatic rings. The summed E-state index contributed by atoms with van der Waals surface area (Å²) in [5.41, 5.74) is 0.348. The molecule has 70 valence electrons. The number of anilines is 1. The number of pyridine rings is 1. The summed E-state index contributed by atoms with van der Waals surface area (Å²) in [4.78, 5) is 13.9. The number of hydrogen-bond donors (Lipinski definition) is 1. The van der Waals surface area contributed by atoms with Gasteiger partial charge in [0.25, 0.3) is 0 Å². The summed E-state index contributed by atoms with van der Waals surface area (Å²) in [6.45, 7) is 1.59. The minimum atomic E-state index is -0.500. The zero-order chi connectivity index (χ0) is 10.0. The zero-order valence-electron chi connectivity index (χ0n) is 7.17. The highest BCUT2D eigenvalue weighted by Crippen LogP contribution is 2.30. The van der Waals surface area contributed by atoms with Crippen LogP contribution in [0.1, 0.15) is 5.56 Å². The SMILES string of the molecule is CNc1ncc(Cl)c(C)c1[N+](=O)[O-]. The lowest BCUT2D eigenvalue weighted by Gasteiger charge is -2.04. The standard InChI is InChI=1S/C7H8ClN3O2/c1-4-5(8)3-10-7(9-2)6(4)11(12)13/h3H,1-2H3,(H,9,10). The van der Waals surface area contributed by atoms with Gasteiger partial charge in [-0.15, -0.1) is 0 Å². The van der Waals surface area contributed by atoms with Crippen molar-refractivity contribution in [3.05, 3.63) is 26.9 Å². The number of aromatic nitrogens is 1. The third-order valence-electron chi connectivity index (χ3n) is 1.66. The number of hydrogen-bond acceptors (Lipinski definition) is 4. The molecule has 0 aromatic carbocycles. The Morgan fingerprint density at radius 2 is 2.31 bits per heavy atom. The van der Waals surface area contributed by atoms with Crippen LogP contribution in [0.4, 0.5) is 11.5 Å². The molecule has 0 aliphatic heterocycles. The Hall–Kier alpha value is -1.36. The molecule has 0 spiro atoms. The predicted molar refractivity (Wildman–Crippen MR) is 50.2 cm³/mol. The van der Waals surface area contributed by atoms with Gasteiger partial charge >= 0.3 is 5.69 Å². The minimum Gasteiger partial charge on any atom is -0.367 e. The Labute approximate surface area is 79.9 Å². The highest BCUT2D eigenvalue weighted by molar-refractivity contribution is 6.31. The molecular weight excluding hydrogens is 194 g/mol. The van der Waals surface area contributed by atoms with Gasteiger partial charge < -0.3 is 5.32 Å². The van der Waals surface area contributed by atoms with Crippen LogP contribution in [0.3, 0.4) is 0 Å². The Morgan fingerprint density at radius 3 is 2.77 bits per heavy atom. The first-order valence-electron chi connectivity index (χ1n) is 3.55. The summed E-state index contributed by atoms with van der Waals surface area (Å²) >= 11 is 5.69. The van der Waals surface area contributed by atoms with Crippen LogP contribution in [-0.2, 0) is 0 Å². The maximum atomic E-state index is 10.6. The summed E-state index contributed by atoms with van der Waals surface area (Å²) < 4.78 is 0. The molecule has 0 unspecified atom stereocenters. The van der Waals surface area contributed by atoms with Crippen LogP contribution < -0.4 is 5.32 Å². The molecule has 0 saturated heterocycles. The molecule has 1 aromatic heterocycles. The van der Waals surface area contributed by atoms with Crippen LogP contribution in [0.5, 0.6) is 0 Å². The first kappa shape index (κ1) is 9.73. The Kier molecular flexibility index (Phi) is 2.67. The fraction of sp³-hybridized carbons (Fsp3) is 0.286. The van der Waals surface area contributed by atoms with Crippen molar-refractivity contribution in [2.45, 2.75) is 6.92 Å². The molecular formula is C7H8ClN3O2. The molecule has 6 heteroatoms. The van der Waals surface area contributed by atoms with E-state index in [-0.39, 0.29) is 11.5 Å². The Bertz CT molecular complexity index is 354. The van der Waals surface area contributed by atoms with Crippen molar-refractivity contribution in [3.63, 3.8) is 0 Å². The fourth-order valence-electron chi connectivity index (χ4n) is 0.976. The van der Waals surface area contributed by atoms with Gasteiger partial charge in [0.05, 0.1) is 15.5 Å². The van der Waals surface area contributed by atoms with Crippen molar-refractivity contribution in [2.75, 3.05) is 12.4 Å². The molecule has 0 amide bonds. The normalized spacial score (nSPS) is 9.77. The molecule has 13 heavy (non-hydrogen) atoms. The van der Waals surface area contributed by atoms with Gasteiger partial charge in [-0.25, -0.2) is 4.98 Å². The van der Waals surface area contributed by atoms with E-state index >= 15 is 0 Å². The van der Waals surface area contributed by atoms with Gasteiger partial charge in [-0.2, -0.15) is 0 Å². The van der Waals surface area contributed by atoms with Gasteiger partial charge in [0.1, 0.15) is 0 Å². The average Bonchev–Trinajstić information content (AvgIpc) is 2.08. The molecule has 0 aliphatic carbocycles. The highest BCUT2D eigenvalue weighted by atomic mass is 35.5. The predicted octanol–water partition coefficient (Wildman–Crippen LogP) is 1.99. The summed E-state index contributed by atoms with van der Waals surface area (Å²) in [7, 11) is 1.57. The molecule has 0 bridgehead atoms. The molecule has 0 saturated carbocycles. The number of nitro groups is 1. The molecule has 0 atom stereocenters. The number of rotatable bonds is 2. The van der Waals surface area contributed by atoms with Gasteiger partial charge in [-0.1, -0.05) is 11.6 Å². The fourth-order valence-corrected chi connectivity index (χ4v) is 1.11. The van der Waals surface area contributed by atoms with E-state index in [0.29, 0.717) is 10.6 Å². The van der Waals surface area contributed by atoms with Crippen molar-refractivity contribution in [3.8, 4) is 0 Å². The van der Waals surface area contributed by atoms with Crippen molar-refractivity contribution < 1.29 is 4.92 Å². The number of nitrogens with zero attached hydrogens (tertiary/aromatic N) is 2. The smallest absolute Gasteiger partial charge is 0.315 e. The monoisotopic (exact) mass is 201 g/mol. The van der Waals surface area contributed by atoms with E-state index in [0.717, 1.165) is 0 Å². The van der Waals surface area contributed by atoms with E-state index < -0.39 is 4.92 Å². The van der Waals surface area contributed by atoms with Crippen LogP contribution in [0.15, 0.2) is 6.20 Å². The molecule has 0 radical (unpaired) electrons. The van der Waals surface area contributed by atoms with E-state index in [9.17, 15) is 10.1 Å². The van der Waals surface area contributed by atoms with Crippen LogP contribution in [0, 0.1) is 17.0 Å². The zero-order valence-corrected chi connectivity index (χ0v) is 7.92. The average molecular weight is 202 g/mol. The lowest BCUT2D eigenvalue weighted by Crippen LogP contribution is -2.01. The van der Waals surface area contributed by atoms with E-state index in [2.05, 4.69) is 10.3 Å². The lowest BCUT2D eigenvalue weighted by molar-refractivity contribution is -0.384.